The molecule has 0 radical (unpaired) electrons. The van der Waals surface area contributed by atoms with E-state index in [4.69, 9.17) is 0 Å². The minimum absolute atomic E-state index is 0.105. The minimum Gasteiger partial charge on any atom is -0.378 e. The smallest absolute Gasteiger partial charge is 0.378 e. The van der Waals surface area contributed by atoms with Crippen LogP contribution in [0.3, 0.4) is 0 Å². The van der Waals surface area contributed by atoms with Gasteiger partial charge in [-0.3, -0.25) is 4.79 Å². The van der Waals surface area contributed by atoms with Crippen LogP contribution in [-0.2, 0) is 6.18 Å². The van der Waals surface area contributed by atoms with Gasteiger partial charge in [0.05, 0.1) is 11.6 Å². The molecule has 0 saturated heterocycles. The highest BCUT2D eigenvalue weighted by Gasteiger charge is 2.36. The number of carbonyl (C=O) groups excluding carboxylic acids is 1. The molecule has 166 valence electrons. The lowest BCUT2D eigenvalue weighted by molar-refractivity contribution is -0.137. The predicted octanol–water partition coefficient (Wildman–Crippen LogP) is 6.58. The summed E-state index contributed by atoms with van der Waals surface area (Å²) in [6.07, 6.45) is -4.20. The second-order valence-electron chi connectivity index (χ2n) is 7.75. The first-order valence-corrected chi connectivity index (χ1v) is 9.96. The molecule has 0 spiro atoms. The Hall–Kier alpha value is -3.42. The van der Waals surface area contributed by atoms with Crippen LogP contribution in [0.5, 0.6) is 0 Å². The zero-order chi connectivity index (χ0) is 23.0. The quantitative estimate of drug-likeness (QED) is 0.461. The summed E-state index contributed by atoms with van der Waals surface area (Å²) in [5.41, 5.74) is 0.506. The highest BCUT2D eigenvalue weighted by atomic mass is 19.4. The number of amides is 1. The van der Waals surface area contributed by atoms with Crippen molar-refractivity contribution in [3.8, 4) is 0 Å². The van der Waals surface area contributed by atoms with Gasteiger partial charge in [-0.2, -0.15) is 13.2 Å². The predicted molar refractivity (Wildman–Crippen MR) is 111 cm³/mol. The number of hydrogen-bond donors (Lipinski definition) is 1. The highest BCUT2D eigenvalue weighted by Crippen LogP contribution is 2.40. The van der Waals surface area contributed by atoms with E-state index in [0.29, 0.717) is 23.4 Å². The summed E-state index contributed by atoms with van der Waals surface area (Å²) in [5.74, 6) is -1.50. The van der Waals surface area contributed by atoms with E-state index in [1.54, 1.807) is 19.1 Å². The standard InChI is InChI=1S/C24H19F5N2O/c1-14-11-21(30-19-8-5-17(25)6-9-19)20-13-18(26)7-10-22(20)31(14)23(32)15-3-2-4-16(12-15)24(27,28)29/h2-10,12-14,21,30H,11H2,1H3/t14-,21+/m1/s1. The molecule has 1 amide bonds. The van der Waals surface area contributed by atoms with Gasteiger partial charge in [0.25, 0.3) is 5.91 Å². The lowest BCUT2D eigenvalue weighted by atomic mass is 9.90. The van der Waals surface area contributed by atoms with Gasteiger partial charge in [0.1, 0.15) is 11.6 Å². The van der Waals surface area contributed by atoms with Crippen molar-refractivity contribution in [1.82, 2.24) is 0 Å². The average Bonchev–Trinajstić information content (AvgIpc) is 2.75. The van der Waals surface area contributed by atoms with Crippen LogP contribution in [0.25, 0.3) is 0 Å². The van der Waals surface area contributed by atoms with Crippen molar-refractivity contribution in [1.29, 1.82) is 0 Å². The number of carbonyl (C=O) groups is 1. The maximum Gasteiger partial charge on any atom is 0.416 e. The number of fused-ring (bicyclic) bond motifs is 1. The van der Waals surface area contributed by atoms with E-state index in [1.807, 2.05) is 0 Å². The normalized spacial score (nSPS) is 18.2. The summed E-state index contributed by atoms with van der Waals surface area (Å²) in [4.78, 5) is 14.6. The summed E-state index contributed by atoms with van der Waals surface area (Å²) < 4.78 is 66.7. The molecule has 1 heterocycles. The molecule has 0 aliphatic carbocycles. The maximum absolute atomic E-state index is 14.1. The van der Waals surface area contributed by atoms with E-state index in [2.05, 4.69) is 5.32 Å². The van der Waals surface area contributed by atoms with Crippen molar-refractivity contribution in [3.05, 3.63) is 95.1 Å². The van der Waals surface area contributed by atoms with Gasteiger partial charge < -0.3 is 10.2 Å². The second-order valence-corrected chi connectivity index (χ2v) is 7.75. The van der Waals surface area contributed by atoms with Gasteiger partial charge in [-0.15, -0.1) is 0 Å². The number of alkyl halides is 3. The third kappa shape index (κ3) is 4.30. The Labute approximate surface area is 181 Å². The Bertz CT molecular complexity index is 1140. The van der Waals surface area contributed by atoms with Gasteiger partial charge in [-0.25, -0.2) is 8.78 Å². The molecule has 0 saturated carbocycles. The van der Waals surface area contributed by atoms with Gasteiger partial charge in [-0.05, 0) is 74.0 Å². The van der Waals surface area contributed by atoms with Gasteiger partial charge in [0.15, 0.2) is 0 Å². The Balaban J connectivity index is 1.71. The molecule has 1 aliphatic heterocycles. The summed E-state index contributed by atoms with van der Waals surface area (Å²) in [6.45, 7) is 1.77. The molecular formula is C24H19F5N2O. The molecule has 0 aromatic heterocycles. The molecule has 1 N–H and O–H groups in total. The van der Waals surface area contributed by atoms with Crippen molar-refractivity contribution < 1.29 is 26.7 Å². The average molecular weight is 446 g/mol. The number of halogens is 5. The van der Waals surface area contributed by atoms with E-state index in [9.17, 15) is 26.7 Å². The number of anilines is 2. The van der Waals surface area contributed by atoms with Gasteiger partial charge >= 0.3 is 6.18 Å². The Kier molecular flexibility index (Phi) is 5.62. The van der Waals surface area contributed by atoms with Crippen LogP contribution in [0.15, 0.2) is 66.7 Å². The van der Waals surface area contributed by atoms with E-state index in [0.717, 1.165) is 12.1 Å². The van der Waals surface area contributed by atoms with Gasteiger partial charge in [0.2, 0.25) is 0 Å². The van der Waals surface area contributed by atoms with Crippen LogP contribution < -0.4 is 10.2 Å². The fourth-order valence-corrected chi connectivity index (χ4v) is 4.00. The van der Waals surface area contributed by atoms with Gasteiger partial charge in [-0.1, -0.05) is 6.07 Å². The van der Waals surface area contributed by atoms with Crippen LogP contribution in [-0.4, -0.2) is 11.9 Å². The third-order valence-corrected chi connectivity index (χ3v) is 5.48. The number of nitrogens with one attached hydrogen (secondary N) is 1. The first kappa shape index (κ1) is 21.8. The summed E-state index contributed by atoms with van der Waals surface area (Å²) >= 11 is 0. The lowest BCUT2D eigenvalue weighted by Gasteiger charge is -2.40. The number of hydrogen-bond acceptors (Lipinski definition) is 2. The highest BCUT2D eigenvalue weighted by molar-refractivity contribution is 6.07. The summed E-state index contributed by atoms with van der Waals surface area (Å²) in [7, 11) is 0. The molecular weight excluding hydrogens is 427 g/mol. The Morgan fingerprint density at radius 1 is 0.969 bits per heavy atom. The van der Waals surface area contributed by atoms with Crippen molar-refractivity contribution in [2.24, 2.45) is 0 Å². The molecule has 0 unspecified atom stereocenters. The molecule has 3 aromatic rings. The monoisotopic (exact) mass is 446 g/mol. The van der Waals surface area contributed by atoms with E-state index < -0.39 is 35.3 Å². The van der Waals surface area contributed by atoms with E-state index in [1.165, 1.54) is 47.4 Å². The largest absolute Gasteiger partial charge is 0.416 e. The molecule has 8 heteroatoms. The van der Waals surface area contributed by atoms with Crippen molar-refractivity contribution in [2.45, 2.75) is 31.6 Å². The first-order chi connectivity index (χ1) is 15.1. The van der Waals surface area contributed by atoms with Crippen molar-refractivity contribution >= 4 is 17.3 Å². The molecule has 0 fully saturated rings. The van der Waals surface area contributed by atoms with E-state index in [-0.39, 0.29) is 11.6 Å². The topological polar surface area (TPSA) is 32.3 Å². The van der Waals surface area contributed by atoms with Crippen molar-refractivity contribution in [2.75, 3.05) is 10.2 Å². The fraction of sp³-hybridized carbons (Fsp3) is 0.208. The molecule has 0 bridgehead atoms. The molecule has 4 rings (SSSR count). The maximum atomic E-state index is 14.1. The first-order valence-electron chi connectivity index (χ1n) is 9.96. The van der Waals surface area contributed by atoms with Crippen LogP contribution >= 0.6 is 0 Å². The SMILES string of the molecule is C[C@@H]1C[C@H](Nc2ccc(F)cc2)c2cc(F)ccc2N1C(=O)c1cccc(C(F)(F)F)c1. The van der Waals surface area contributed by atoms with Crippen LogP contribution in [0.2, 0.25) is 0 Å². The van der Waals surface area contributed by atoms with Crippen LogP contribution in [0.1, 0.15) is 40.9 Å². The van der Waals surface area contributed by atoms with Crippen molar-refractivity contribution in [3.63, 3.8) is 0 Å². The van der Waals surface area contributed by atoms with Crippen LogP contribution in [0.4, 0.5) is 33.3 Å². The zero-order valence-corrected chi connectivity index (χ0v) is 17.0. The minimum atomic E-state index is -4.57. The van der Waals surface area contributed by atoms with E-state index >= 15 is 0 Å². The second kappa shape index (κ2) is 8.26. The number of benzene rings is 3. The number of rotatable bonds is 3. The molecule has 3 aromatic carbocycles. The zero-order valence-electron chi connectivity index (χ0n) is 17.0. The number of nitrogens with zero attached hydrogens (tertiary/aromatic N) is 1. The summed E-state index contributed by atoms with van der Waals surface area (Å²) in [6, 6.07) is 13.1. The third-order valence-electron chi connectivity index (χ3n) is 5.48. The molecule has 1 aliphatic rings. The fourth-order valence-electron chi connectivity index (χ4n) is 4.00. The molecule has 2 atom stereocenters. The Morgan fingerprint density at radius 3 is 2.34 bits per heavy atom. The molecule has 3 nitrogen and oxygen atoms in total. The lowest BCUT2D eigenvalue weighted by Crippen LogP contribution is -2.44. The van der Waals surface area contributed by atoms with Gasteiger partial charge in [0, 0.05) is 28.5 Å². The van der Waals surface area contributed by atoms with Crippen LogP contribution in [0, 0.1) is 11.6 Å². The molecule has 32 heavy (non-hydrogen) atoms. The Morgan fingerprint density at radius 2 is 1.66 bits per heavy atom. The summed E-state index contributed by atoms with van der Waals surface area (Å²) in [5, 5.41) is 3.23.